The Balaban J connectivity index is 2.48. The summed E-state index contributed by atoms with van der Waals surface area (Å²) in [5.41, 5.74) is 2.48. The molecule has 0 aliphatic carbocycles. The summed E-state index contributed by atoms with van der Waals surface area (Å²) < 4.78 is 0. The van der Waals surface area contributed by atoms with Gasteiger partial charge in [-0.05, 0) is 37.6 Å². The quantitative estimate of drug-likeness (QED) is 0.855. The Bertz CT molecular complexity index is 667. The zero-order valence-corrected chi connectivity index (χ0v) is 10.4. The number of nitrogens with one attached hydrogen (secondary N) is 2. The van der Waals surface area contributed by atoms with E-state index in [0.717, 1.165) is 16.5 Å². The first-order valence-electron chi connectivity index (χ1n) is 5.83. The van der Waals surface area contributed by atoms with Gasteiger partial charge in [0.1, 0.15) is 0 Å². The van der Waals surface area contributed by atoms with Crippen LogP contribution in [0.15, 0.2) is 29.1 Å². The van der Waals surface area contributed by atoms with Crippen molar-refractivity contribution < 1.29 is 0 Å². The van der Waals surface area contributed by atoms with E-state index < -0.39 is 0 Å². The van der Waals surface area contributed by atoms with Crippen LogP contribution in [-0.4, -0.2) is 18.1 Å². The lowest BCUT2D eigenvalue weighted by atomic mass is 10.1. The van der Waals surface area contributed by atoms with E-state index in [1.807, 2.05) is 31.2 Å². The maximum atomic E-state index is 11.9. The molecule has 18 heavy (non-hydrogen) atoms. The Labute approximate surface area is 105 Å². The molecule has 0 fully saturated rings. The molecule has 0 saturated heterocycles. The van der Waals surface area contributed by atoms with Gasteiger partial charge in [0.25, 0.3) is 5.56 Å². The topological polar surface area (TPSA) is 68.7 Å². The van der Waals surface area contributed by atoms with Gasteiger partial charge in [0, 0.05) is 17.5 Å². The van der Waals surface area contributed by atoms with Gasteiger partial charge in [-0.3, -0.25) is 4.79 Å². The molecule has 0 amide bonds. The predicted molar refractivity (Wildman–Crippen MR) is 71.5 cm³/mol. The van der Waals surface area contributed by atoms with Crippen LogP contribution in [0.3, 0.4) is 0 Å². The molecule has 4 heteroatoms. The summed E-state index contributed by atoms with van der Waals surface area (Å²) in [7, 11) is 1.72. The third-order valence-electron chi connectivity index (χ3n) is 3.00. The van der Waals surface area contributed by atoms with Crippen molar-refractivity contribution in [2.24, 2.45) is 0 Å². The van der Waals surface area contributed by atoms with E-state index in [1.165, 1.54) is 0 Å². The van der Waals surface area contributed by atoms with Gasteiger partial charge >= 0.3 is 0 Å². The fourth-order valence-corrected chi connectivity index (χ4v) is 1.96. The molecule has 1 atom stereocenters. The number of hydrogen-bond acceptors (Lipinski definition) is 3. The second-order valence-electron chi connectivity index (χ2n) is 4.39. The standard InChI is InChI=1S/C14H15N3O/c1-9-3-4-13-10(5-9)6-11(14(18)17-13)7-12(8-15)16-2/h3-6,12,16H,7H2,1-2H3,(H,17,18)/t12-/m0/s1. The van der Waals surface area contributed by atoms with E-state index >= 15 is 0 Å². The highest BCUT2D eigenvalue weighted by Crippen LogP contribution is 2.13. The third kappa shape index (κ3) is 2.41. The Kier molecular flexibility index (Phi) is 3.45. The Hall–Kier alpha value is -2.12. The fourth-order valence-electron chi connectivity index (χ4n) is 1.96. The highest BCUT2D eigenvalue weighted by atomic mass is 16.1. The molecule has 92 valence electrons. The van der Waals surface area contributed by atoms with Crippen molar-refractivity contribution in [2.45, 2.75) is 19.4 Å². The highest BCUT2D eigenvalue weighted by Gasteiger charge is 2.09. The monoisotopic (exact) mass is 241 g/mol. The number of aromatic amines is 1. The summed E-state index contributed by atoms with van der Waals surface area (Å²) in [5.74, 6) is 0. The minimum atomic E-state index is -0.339. The van der Waals surface area contributed by atoms with E-state index in [2.05, 4.69) is 16.4 Å². The van der Waals surface area contributed by atoms with Crippen molar-refractivity contribution in [2.75, 3.05) is 7.05 Å². The Morgan fingerprint density at radius 1 is 1.44 bits per heavy atom. The fraction of sp³-hybridized carbons (Fsp3) is 0.286. The van der Waals surface area contributed by atoms with Gasteiger partial charge in [0.2, 0.25) is 0 Å². The molecular weight excluding hydrogens is 226 g/mol. The molecule has 4 nitrogen and oxygen atoms in total. The van der Waals surface area contributed by atoms with Gasteiger partial charge in [0.15, 0.2) is 0 Å². The predicted octanol–water partition coefficient (Wildman–Crippen LogP) is 1.49. The zero-order chi connectivity index (χ0) is 13.1. The summed E-state index contributed by atoms with van der Waals surface area (Å²) in [5, 5.41) is 12.8. The molecule has 1 aromatic carbocycles. The first-order chi connectivity index (χ1) is 8.63. The zero-order valence-electron chi connectivity index (χ0n) is 10.4. The van der Waals surface area contributed by atoms with Crippen molar-refractivity contribution in [1.82, 2.24) is 10.3 Å². The van der Waals surface area contributed by atoms with Crippen LogP contribution in [0, 0.1) is 18.3 Å². The number of hydrogen-bond donors (Lipinski definition) is 2. The lowest BCUT2D eigenvalue weighted by Gasteiger charge is -2.08. The second kappa shape index (κ2) is 5.03. The molecule has 0 aliphatic heterocycles. The smallest absolute Gasteiger partial charge is 0.251 e. The molecule has 1 heterocycles. The lowest BCUT2D eigenvalue weighted by molar-refractivity contribution is 0.672. The van der Waals surface area contributed by atoms with Crippen LogP contribution in [0.25, 0.3) is 10.9 Å². The average molecular weight is 241 g/mol. The summed E-state index contributed by atoms with van der Waals surface area (Å²) in [6.45, 7) is 2.01. The normalized spacial score (nSPS) is 12.3. The van der Waals surface area contributed by atoms with Crippen LogP contribution in [0.5, 0.6) is 0 Å². The number of pyridine rings is 1. The summed E-state index contributed by atoms with van der Waals surface area (Å²) in [6, 6.07) is 9.53. The van der Waals surface area contributed by atoms with E-state index in [9.17, 15) is 4.79 Å². The maximum absolute atomic E-state index is 11.9. The van der Waals surface area contributed by atoms with Crippen LogP contribution in [0.4, 0.5) is 0 Å². The number of aromatic nitrogens is 1. The number of nitriles is 1. The Morgan fingerprint density at radius 2 is 2.22 bits per heavy atom. The van der Waals surface area contributed by atoms with Gasteiger partial charge in [-0.15, -0.1) is 0 Å². The molecule has 0 saturated carbocycles. The number of benzene rings is 1. The molecule has 0 bridgehead atoms. The lowest BCUT2D eigenvalue weighted by Crippen LogP contribution is -2.28. The van der Waals surface area contributed by atoms with Crippen LogP contribution < -0.4 is 10.9 Å². The molecule has 2 aromatic rings. The van der Waals surface area contributed by atoms with Gasteiger partial charge in [-0.25, -0.2) is 0 Å². The van der Waals surface area contributed by atoms with Crippen LogP contribution in [-0.2, 0) is 6.42 Å². The first-order valence-corrected chi connectivity index (χ1v) is 5.83. The number of H-pyrrole nitrogens is 1. The minimum Gasteiger partial charge on any atom is -0.322 e. The van der Waals surface area contributed by atoms with Crippen molar-refractivity contribution >= 4 is 10.9 Å². The molecule has 0 radical (unpaired) electrons. The average Bonchev–Trinajstić information content (AvgIpc) is 2.36. The van der Waals surface area contributed by atoms with E-state index in [4.69, 9.17) is 5.26 Å². The number of rotatable bonds is 3. The third-order valence-corrected chi connectivity index (χ3v) is 3.00. The van der Waals surface area contributed by atoms with Gasteiger partial charge < -0.3 is 10.3 Å². The van der Waals surface area contributed by atoms with Crippen LogP contribution in [0.1, 0.15) is 11.1 Å². The maximum Gasteiger partial charge on any atom is 0.251 e. The molecule has 1 aromatic heterocycles. The number of aryl methyl sites for hydroxylation is 1. The highest BCUT2D eigenvalue weighted by molar-refractivity contribution is 5.79. The minimum absolute atomic E-state index is 0.123. The van der Waals surface area contributed by atoms with Gasteiger partial charge in [0.05, 0.1) is 12.1 Å². The van der Waals surface area contributed by atoms with Crippen molar-refractivity contribution in [3.8, 4) is 6.07 Å². The summed E-state index contributed by atoms with van der Waals surface area (Å²) >= 11 is 0. The largest absolute Gasteiger partial charge is 0.322 e. The van der Waals surface area contributed by atoms with Gasteiger partial charge in [-0.2, -0.15) is 5.26 Å². The first kappa shape index (κ1) is 12.3. The molecule has 0 aliphatic rings. The van der Waals surface area contributed by atoms with E-state index in [-0.39, 0.29) is 11.6 Å². The van der Waals surface area contributed by atoms with Crippen LogP contribution in [0.2, 0.25) is 0 Å². The molecule has 2 N–H and O–H groups in total. The van der Waals surface area contributed by atoms with Crippen LogP contribution >= 0.6 is 0 Å². The summed E-state index contributed by atoms with van der Waals surface area (Å²) in [6.07, 6.45) is 0.409. The van der Waals surface area contributed by atoms with E-state index in [0.29, 0.717) is 12.0 Å². The SMILES string of the molecule is CN[C@H](C#N)Cc1cc2cc(C)ccc2[nH]c1=O. The molecule has 0 unspecified atom stereocenters. The number of fused-ring (bicyclic) bond motifs is 1. The second-order valence-corrected chi connectivity index (χ2v) is 4.39. The number of nitrogens with zero attached hydrogens (tertiary/aromatic N) is 1. The number of likely N-dealkylation sites (N-methyl/N-ethyl adjacent to an activating group) is 1. The Morgan fingerprint density at radius 3 is 2.89 bits per heavy atom. The van der Waals surface area contributed by atoms with Gasteiger partial charge in [-0.1, -0.05) is 11.6 Å². The molecule has 2 rings (SSSR count). The molecular formula is C14H15N3O. The molecule has 0 spiro atoms. The summed E-state index contributed by atoms with van der Waals surface area (Å²) in [4.78, 5) is 14.7. The van der Waals surface area contributed by atoms with Crippen molar-refractivity contribution in [3.63, 3.8) is 0 Å². The van der Waals surface area contributed by atoms with Crippen molar-refractivity contribution in [3.05, 3.63) is 45.7 Å². The van der Waals surface area contributed by atoms with Crippen molar-refractivity contribution in [1.29, 1.82) is 5.26 Å². The van der Waals surface area contributed by atoms with E-state index in [1.54, 1.807) is 7.05 Å².